The van der Waals surface area contributed by atoms with Crippen LogP contribution in [0.15, 0.2) is 18.3 Å². The molecule has 2 aromatic heterocycles. The number of aryl methyl sites for hydroxylation is 1. The molecule has 1 fully saturated rings. The van der Waals surface area contributed by atoms with Crippen molar-refractivity contribution in [2.75, 3.05) is 32.7 Å². The van der Waals surface area contributed by atoms with Crippen molar-refractivity contribution >= 4 is 17.5 Å². The molecule has 0 unspecified atom stereocenters. The quantitative estimate of drug-likeness (QED) is 0.343. The number of ether oxygens (including phenoxy) is 1. The number of carbonyl (C=O) groups excluding carboxylic acids is 2. The summed E-state index contributed by atoms with van der Waals surface area (Å²) in [5.74, 6) is 0.717. The summed E-state index contributed by atoms with van der Waals surface area (Å²) in [6.07, 6.45) is 7.78. The normalized spacial score (nSPS) is 14.5. The van der Waals surface area contributed by atoms with Crippen molar-refractivity contribution in [1.29, 1.82) is 0 Å². The number of nitrogens with zero attached hydrogens (tertiary/aromatic N) is 4. The molecule has 1 aliphatic heterocycles. The first-order valence-corrected chi connectivity index (χ1v) is 13.9. The molecule has 0 N–H and O–H groups in total. The maximum absolute atomic E-state index is 13.6. The van der Waals surface area contributed by atoms with Crippen LogP contribution < -0.4 is 0 Å². The van der Waals surface area contributed by atoms with Gasteiger partial charge in [0.25, 0.3) is 5.91 Å². The zero-order valence-corrected chi connectivity index (χ0v) is 23.3. The van der Waals surface area contributed by atoms with E-state index in [-0.39, 0.29) is 12.0 Å². The largest absolute Gasteiger partial charge is 0.458 e. The summed E-state index contributed by atoms with van der Waals surface area (Å²) < 4.78 is 7.45. The first-order valence-electron chi connectivity index (χ1n) is 13.9. The highest BCUT2D eigenvalue weighted by molar-refractivity contribution is 5.95. The summed E-state index contributed by atoms with van der Waals surface area (Å²) in [6, 6.07) is 3.69. The van der Waals surface area contributed by atoms with Crippen LogP contribution in [0, 0.1) is 11.8 Å². The van der Waals surface area contributed by atoms with Gasteiger partial charge in [0.1, 0.15) is 5.65 Å². The van der Waals surface area contributed by atoms with Crippen molar-refractivity contribution in [3.63, 3.8) is 0 Å². The highest BCUT2D eigenvalue weighted by Gasteiger charge is 2.24. The molecular weight excluding hydrogens is 452 g/mol. The zero-order chi connectivity index (χ0) is 26.2. The Labute approximate surface area is 217 Å². The zero-order valence-electron chi connectivity index (χ0n) is 23.3. The average molecular weight is 499 g/mol. The third-order valence-corrected chi connectivity index (χ3v) is 6.83. The molecule has 0 aromatic carbocycles. The summed E-state index contributed by atoms with van der Waals surface area (Å²) in [5, 5.41) is 0. The predicted molar refractivity (Wildman–Crippen MR) is 145 cm³/mol. The lowest BCUT2D eigenvalue weighted by Gasteiger charge is -2.24. The van der Waals surface area contributed by atoms with Gasteiger partial charge in [-0.25, -0.2) is 9.78 Å². The highest BCUT2D eigenvalue weighted by Crippen LogP contribution is 2.20. The molecule has 0 radical (unpaired) electrons. The number of hydrogen-bond acceptors (Lipinski definition) is 5. The summed E-state index contributed by atoms with van der Waals surface area (Å²) in [7, 11) is 0. The van der Waals surface area contributed by atoms with E-state index in [9.17, 15) is 9.59 Å². The number of imidazole rings is 1. The van der Waals surface area contributed by atoms with Gasteiger partial charge in [-0.2, -0.15) is 0 Å². The fraction of sp³-hybridized carbons (Fsp3) is 0.690. The lowest BCUT2D eigenvalue weighted by Crippen LogP contribution is -2.34. The Bertz CT molecular complexity index is 993. The second-order valence-electron chi connectivity index (χ2n) is 11.3. The Morgan fingerprint density at radius 3 is 2.22 bits per heavy atom. The number of amides is 1. The molecule has 200 valence electrons. The van der Waals surface area contributed by atoms with E-state index in [0.717, 1.165) is 57.7 Å². The summed E-state index contributed by atoms with van der Waals surface area (Å²) >= 11 is 0. The Morgan fingerprint density at radius 1 is 1.00 bits per heavy atom. The standard InChI is InChI=1S/C29H46N4O3/c1-21(2)13-18-32(19-14-22(3)4)28(34)24-11-12-26-30-27(29(35)36-23(5)6)25(33(26)20-24)10-9-17-31-15-7-8-16-31/h11-12,20-23H,7-10,13-19H2,1-6H3. The number of rotatable bonds is 13. The van der Waals surface area contributed by atoms with Crippen LogP contribution in [-0.4, -0.2) is 69.9 Å². The molecule has 3 rings (SSSR count). The van der Waals surface area contributed by atoms with Crippen LogP contribution in [0.25, 0.3) is 5.65 Å². The fourth-order valence-corrected chi connectivity index (χ4v) is 4.69. The third-order valence-electron chi connectivity index (χ3n) is 6.83. The van der Waals surface area contributed by atoms with Crippen LogP contribution in [0.5, 0.6) is 0 Å². The first kappa shape index (κ1) is 28.2. The van der Waals surface area contributed by atoms with Gasteiger partial charge in [0.05, 0.1) is 17.4 Å². The van der Waals surface area contributed by atoms with Crippen LogP contribution in [-0.2, 0) is 11.2 Å². The van der Waals surface area contributed by atoms with Crippen LogP contribution in [0.3, 0.4) is 0 Å². The van der Waals surface area contributed by atoms with Crippen molar-refractivity contribution in [2.24, 2.45) is 11.8 Å². The van der Waals surface area contributed by atoms with Crippen LogP contribution in [0.1, 0.15) is 100 Å². The third kappa shape index (κ3) is 7.79. The minimum absolute atomic E-state index is 0.0428. The number of esters is 1. The number of likely N-dealkylation sites (tertiary alicyclic amines) is 1. The van der Waals surface area contributed by atoms with E-state index in [4.69, 9.17) is 4.74 Å². The van der Waals surface area contributed by atoms with Gasteiger partial charge >= 0.3 is 5.97 Å². The van der Waals surface area contributed by atoms with Gasteiger partial charge in [-0.15, -0.1) is 0 Å². The summed E-state index contributed by atoms with van der Waals surface area (Å²) in [5.41, 5.74) is 2.51. The van der Waals surface area contributed by atoms with E-state index in [1.165, 1.54) is 12.8 Å². The second-order valence-corrected chi connectivity index (χ2v) is 11.3. The van der Waals surface area contributed by atoms with Crippen molar-refractivity contribution in [2.45, 2.75) is 86.2 Å². The second kappa shape index (κ2) is 13.2. The average Bonchev–Trinajstić information content (AvgIpc) is 3.46. The van der Waals surface area contributed by atoms with E-state index >= 15 is 0 Å². The lowest BCUT2D eigenvalue weighted by molar-refractivity contribution is 0.0370. The Hall–Kier alpha value is -2.41. The minimum atomic E-state index is -0.395. The molecule has 1 saturated heterocycles. The lowest BCUT2D eigenvalue weighted by atomic mass is 10.1. The molecule has 2 aromatic rings. The molecule has 36 heavy (non-hydrogen) atoms. The maximum Gasteiger partial charge on any atom is 0.359 e. The van der Waals surface area contributed by atoms with Gasteiger partial charge < -0.3 is 18.9 Å². The van der Waals surface area contributed by atoms with Gasteiger partial charge in [0.2, 0.25) is 0 Å². The van der Waals surface area contributed by atoms with E-state index in [2.05, 4.69) is 37.6 Å². The molecule has 0 saturated carbocycles. The topological polar surface area (TPSA) is 67.2 Å². The van der Waals surface area contributed by atoms with Gasteiger partial charge in [-0.05, 0) is 96.0 Å². The molecule has 0 spiro atoms. The van der Waals surface area contributed by atoms with Gasteiger partial charge in [0.15, 0.2) is 5.69 Å². The first-order chi connectivity index (χ1) is 17.2. The molecule has 0 atom stereocenters. The van der Waals surface area contributed by atoms with Crippen molar-refractivity contribution < 1.29 is 14.3 Å². The molecule has 0 aliphatic carbocycles. The van der Waals surface area contributed by atoms with Crippen molar-refractivity contribution in [3.05, 3.63) is 35.3 Å². The molecular formula is C29H46N4O3. The number of fused-ring (bicyclic) bond motifs is 1. The SMILES string of the molecule is CC(C)CCN(CCC(C)C)C(=O)c1ccc2nc(C(=O)OC(C)C)c(CCCN3CCCC3)n2c1. The van der Waals surface area contributed by atoms with Crippen LogP contribution in [0.2, 0.25) is 0 Å². The minimum Gasteiger partial charge on any atom is -0.458 e. The van der Waals surface area contributed by atoms with Crippen molar-refractivity contribution in [1.82, 2.24) is 19.2 Å². The number of aromatic nitrogens is 2. The molecule has 7 heteroatoms. The number of hydrogen-bond donors (Lipinski definition) is 0. The van der Waals surface area contributed by atoms with Gasteiger partial charge in [0, 0.05) is 19.3 Å². The molecule has 3 heterocycles. The van der Waals surface area contributed by atoms with E-state index in [0.29, 0.717) is 35.2 Å². The van der Waals surface area contributed by atoms with E-state index in [1.54, 1.807) is 0 Å². The smallest absolute Gasteiger partial charge is 0.359 e. The Morgan fingerprint density at radius 2 is 1.64 bits per heavy atom. The summed E-state index contributed by atoms with van der Waals surface area (Å²) in [4.78, 5) is 35.6. The van der Waals surface area contributed by atoms with Crippen molar-refractivity contribution in [3.8, 4) is 0 Å². The van der Waals surface area contributed by atoms with Crippen LogP contribution in [0.4, 0.5) is 0 Å². The van der Waals surface area contributed by atoms with Gasteiger partial charge in [-0.3, -0.25) is 4.79 Å². The predicted octanol–water partition coefficient (Wildman–Crippen LogP) is 5.46. The molecule has 1 amide bonds. The molecule has 0 bridgehead atoms. The maximum atomic E-state index is 13.6. The number of pyridine rings is 1. The fourth-order valence-electron chi connectivity index (χ4n) is 4.69. The van der Waals surface area contributed by atoms with Gasteiger partial charge in [-0.1, -0.05) is 27.7 Å². The number of carbonyl (C=O) groups is 2. The van der Waals surface area contributed by atoms with Crippen LogP contribution >= 0.6 is 0 Å². The van der Waals surface area contributed by atoms with E-state index in [1.807, 2.05) is 41.5 Å². The molecule has 1 aliphatic rings. The Kier molecular flexibility index (Phi) is 10.3. The summed E-state index contributed by atoms with van der Waals surface area (Å²) in [6.45, 7) is 17.3. The molecule has 7 nitrogen and oxygen atoms in total. The monoisotopic (exact) mass is 498 g/mol. The highest BCUT2D eigenvalue weighted by atomic mass is 16.5. The van der Waals surface area contributed by atoms with E-state index < -0.39 is 5.97 Å². The Balaban J connectivity index is 1.89.